The molecule has 1 unspecified atom stereocenters. The van der Waals surface area contributed by atoms with Gasteiger partial charge in [0, 0.05) is 13.0 Å². The third-order valence-electron chi connectivity index (χ3n) is 3.98. The number of amides is 2. The topological polar surface area (TPSA) is 49.4 Å². The van der Waals surface area contributed by atoms with E-state index in [0.717, 1.165) is 12.8 Å². The average molecular weight is 292 g/mol. The highest BCUT2D eigenvalue weighted by atomic mass is 19.4. The van der Waals surface area contributed by atoms with E-state index in [1.165, 1.54) is 4.90 Å². The van der Waals surface area contributed by atoms with E-state index < -0.39 is 24.2 Å². The van der Waals surface area contributed by atoms with Crippen LogP contribution in [0.4, 0.5) is 13.2 Å². The molecule has 0 radical (unpaired) electrons. The Labute approximate surface area is 115 Å². The summed E-state index contributed by atoms with van der Waals surface area (Å²) in [5.74, 6) is -0.395. The lowest BCUT2D eigenvalue weighted by Crippen LogP contribution is -2.69. The Hall–Kier alpha value is -1.27. The van der Waals surface area contributed by atoms with Crippen LogP contribution in [0.3, 0.4) is 0 Å². The number of carbonyl (C=O) groups is 2. The number of piperazine rings is 1. The van der Waals surface area contributed by atoms with Gasteiger partial charge >= 0.3 is 6.18 Å². The van der Waals surface area contributed by atoms with Crippen molar-refractivity contribution in [2.45, 2.75) is 57.3 Å². The van der Waals surface area contributed by atoms with E-state index in [4.69, 9.17) is 0 Å². The summed E-state index contributed by atoms with van der Waals surface area (Å²) >= 11 is 0. The summed E-state index contributed by atoms with van der Waals surface area (Å²) in [6, 6.07) is -0.554. The van der Waals surface area contributed by atoms with E-state index in [2.05, 4.69) is 5.32 Å². The molecule has 0 bridgehead atoms. The maximum atomic E-state index is 12.4. The molecule has 2 fully saturated rings. The first-order valence-corrected chi connectivity index (χ1v) is 6.82. The maximum absolute atomic E-state index is 12.4. The Kier molecular flexibility index (Phi) is 3.73. The lowest BCUT2D eigenvalue weighted by atomic mass is 9.93. The normalized spacial score (nSPS) is 26.6. The molecule has 1 saturated carbocycles. The molecule has 1 atom stereocenters. The van der Waals surface area contributed by atoms with Gasteiger partial charge in [0.2, 0.25) is 11.8 Å². The van der Waals surface area contributed by atoms with Crippen molar-refractivity contribution in [1.29, 1.82) is 0 Å². The van der Waals surface area contributed by atoms with Crippen molar-refractivity contribution < 1.29 is 22.8 Å². The fourth-order valence-corrected chi connectivity index (χ4v) is 2.52. The molecule has 7 heteroatoms. The molecule has 1 aliphatic heterocycles. The SMILES string of the molecule is CC1(C)C(=O)NC(C2CC2)C(=O)N1CCCC(F)(F)F. The van der Waals surface area contributed by atoms with Crippen molar-refractivity contribution in [3.05, 3.63) is 0 Å². The molecule has 1 saturated heterocycles. The third-order valence-corrected chi connectivity index (χ3v) is 3.98. The fraction of sp³-hybridized carbons (Fsp3) is 0.846. The van der Waals surface area contributed by atoms with Gasteiger partial charge in [-0.25, -0.2) is 0 Å². The van der Waals surface area contributed by atoms with Crippen molar-refractivity contribution in [2.75, 3.05) is 6.54 Å². The maximum Gasteiger partial charge on any atom is 0.389 e. The first-order valence-electron chi connectivity index (χ1n) is 6.82. The van der Waals surface area contributed by atoms with Gasteiger partial charge in [-0.1, -0.05) is 0 Å². The summed E-state index contributed by atoms with van der Waals surface area (Å²) in [7, 11) is 0. The van der Waals surface area contributed by atoms with Gasteiger partial charge in [-0.3, -0.25) is 9.59 Å². The highest BCUT2D eigenvalue weighted by Gasteiger charge is 2.50. The van der Waals surface area contributed by atoms with Gasteiger partial charge < -0.3 is 10.2 Å². The van der Waals surface area contributed by atoms with Gasteiger partial charge in [-0.05, 0) is 39.0 Å². The highest BCUT2D eigenvalue weighted by molar-refractivity contribution is 5.99. The molecule has 1 heterocycles. The van der Waals surface area contributed by atoms with Crippen LogP contribution in [-0.4, -0.2) is 41.0 Å². The van der Waals surface area contributed by atoms with Crippen LogP contribution >= 0.6 is 0 Å². The molecule has 1 N–H and O–H groups in total. The van der Waals surface area contributed by atoms with Crippen molar-refractivity contribution >= 4 is 11.8 Å². The number of halogens is 3. The molecule has 1 aliphatic carbocycles. The molecule has 0 aromatic carbocycles. The number of hydrogen-bond acceptors (Lipinski definition) is 2. The second-order valence-corrected chi connectivity index (χ2v) is 6.06. The summed E-state index contributed by atoms with van der Waals surface area (Å²) in [5, 5.41) is 2.70. The molecule has 2 amide bonds. The summed E-state index contributed by atoms with van der Waals surface area (Å²) in [5.41, 5.74) is -1.09. The van der Waals surface area contributed by atoms with Gasteiger partial charge in [-0.2, -0.15) is 13.2 Å². The van der Waals surface area contributed by atoms with E-state index in [0.29, 0.717) is 0 Å². The third kappa shape index (κ3) is 3.07. The highest BCUT2D eigenvalue weighted by Crippen LogP contribution is 2.36. The molecule has 0 aromatic heterocycles. The minimum absolute atomic E-state index is 0.0397. The van der Waals surface area contributed by atoms with Crippen LogP contribution < -0.4 is 5.32 Å². The van der Waals surface area contributed by atoms with Crippen LogP contribution in [0.25, 0.3) is 0 Å². The van der Waals surface area contributed by atoms with Crippen LogP contribution in [0.5, 0.6) is 0 Å². The van der Waals surface area contributed by atoms with Crippen LogP contribution in [0.15, 0.2) is 0 Å². The minimum Gasteiger partial charge on any atom is -0.342 e. The molecule has 114 valence electrons. The Morgan fingerprint density at radius 2 is 1.90 bits per heavy atom. The monoisotopic (exact) mass is 292 g/mol. The zero-order chi connectivity index (χ0) is 15.1. The molecular formula is C13H19F3N2O2. The Balaban J connectivity index is 2.05. The lowest BCUT2D eigenvalue weighted by Gasteiger charge is -2.44. The van der Waals surface area contributed by atoms with Crippen molar-refractivity contribution in [1.82, 2.24) is 10.2 Å². The number of carbonyl (C=O) groups excluding carboxylic acids is 2. The number of hydrogen-bond donors (Lipinski definition) is 1. The molecular weight excluding hydrogens is 273 g/mol. The molecule has 20 heavy (non-hydrogen) atoms. The minimum atomic E-state index is -4.23. The van der Waals surface area contributed by atoms with Crippen LogP contribution in [0, 0.1) is 5.92 Å². The Morgan fingerprint density at radius 3 is 2.40 bits per heavy atom. The Bertz CT molecular complexity index is 416. The average Bonchev–Trinajstić information content (AvgIpc) is 3.11. The van der Waals surface area contributed by atoms with Crippen LogP contribution in [0.2, 0.25) is 0 Å². The molecule has 0 aromatic rings. The van der Waals surface area contributed by atoms with Crippen molar-refractivity contribution in [2.24, 2.45) is 5.92 Å². The zero-order valence-electron chi connectivity index (χ0n) is 11.6. The van der Waals surface area contributed by atoms with E-state index in [9.17, 15) is 22.8 Å². The smallest absolute Gasteiger partial charge is 0.342 e. The second kappa shape index (κ2) is 4.93. The largest absolute Gasteiger partial charge is 0.389 e. The molecule has 2 aliphatic rings. The van der Waals surface area contributed by atoms with Gasteiger partial charge in [-0.15, -0.1) is 0 Å². The van der Waals surface area contributed by atoms with Gasteiger partial charge in [0.15, 0.2) is 0 Å². The van der Waals surface area contributed by atoms with Gasteiger partial charge in [0.1, 0.15) is 11.6 Å². The lowest BCUT2D eigenvalue weighted by molar-refractivity contribution is -0.158. The van der Waals surface area contributed by atoms with E-state index in [1.807, 2.05) is 0 Å². The summed E-state index contributed by atoms with van der Waals surface area (Å²) < 4.78 is 36.6. The standard InChI is InChI=1S/C13H19F3N2O2/c1-12(2)11(20)17-9(8-4-5-8)10(19)18(12)7-3-6-13(14,15)16/h8-9H,3-7H2,1-2H3,(H,17,20). The molecule has 4 nitrogen and oxygen atoms in total. The van der Waals surface area contributed by atoms with E-state index in [1.54, 1.807) is 13.8 Å². The summed E-state index contributed by atoms with van der Waals surface area (Å²) in [6.45, 7) is 3.09. The molecule has 0 spiro atoms. The number of nitrogens with zero attached hydrogens (tertiary/aromatic N) is 1. The summed E-state index contributed by atoms with van der Waals surface area (Å²) in [6.07, 6.45) is -3.59. The summed E-state index contributed by atoms with van der Waals surface area (Å²) in [4.78, 5) is 25.7. The fourth-order valence-electron chi connectivity index (χ4n) is 2.52. The van der Waals surface area contributed by atoms with E-state index in [-0.39, 0.29) is 30.7 Å². The number of alkyl halides is 3. The first kappa shape index (κ1) is 15.1. The quantitative estimate of drug-likeness (QED) is 0.859. The van der Waals surface area contributed by atoms with Crippen molar-refractivity contribution in [3.63, 3.8) is 0 Å². The first-order chi connectivity index (χ1) is 9.13. The van der Waals surface area contributed by atoms with Gasteiger partial charge in [0.05, 0.1) is 0 Å². The molecule has 2 rings (SSSR count). The van der Waals surface area contributed by atoms with Crippen LogP contribution in [-0.2, 0) is 9.59 Å². The van der Waals surface area contributed by atoms with Gasteiger partial charge in [0.25, 0.3) is 0 Å². The van der Waals surface area contributed by atoms with Crippen LogP contribution in [0.1, 0.15) is 39.5 Å². The predicted molar refractivity (Wildman–Crippen MR) is 65.7 cm³/mol. The number of nitrogens with one attached hydrogen (secondary N) is 1. The van der Waals surface area contributed by atoms with Crippen molar-refractivity contribution in [3.8, 4) is 0 Å². The zero-order valence-corrected chi connectivity index (χ0v) is 11.6. The predicted octanol–water partition coefficient (Wildman–Crippen LogP) is 1.84. The van der Waals surface area contributed by atoms with E-state index >= 15 is 0 Å². The Morgan fingerprint density at radius 1 is 1.30 bits per heavy atom. The number of rotatable bonds is 4. The second-order valence-electron chi connectivity index (χ2n) is 6.06.